The highest BCUT2D eigenvalue weighted by Crippen LogP contribution is 2.33. The smallest absolute Gasteiger partial charge is 0.320 e. The van der Waals surface area contributed by atoms with Gasteiger partial charge in [-0.1, -0.05) is 13.3 Å². The number of rotatable bonds is 3. The number of ether oxygens (including phenoxy) is 1. The van der Waals surface area contributed by atoms with Crippen LogP contribution in [0, 0.1) is 5.92 Å². The molecule has 2 rings (SSSR count). The Balaban J connectivity index is 2.12. The zero-order valence-corrected chi connectivity index (χ0v) is 9.89. The molecule has 0 unspecified atom stereocenters. The number of carboxylic acid groups (broad SMARTS) is 1. The summed E-state index contributed by atoms with van der Waals surface area (Å²) < 4.78 is 5.58. The van der Waals surface area contributed by atoms with Gasteiger partial charge in [0.2, 0.25) is 0 Å². The van der Waals surface area contributed by atoms with Gasteiger partial charge >= 0.3 is 5.97 Å². The van der Waals surface area contributed by atoms with Gasteiger partial charge in [0.1, 0.15) is 6.04 Å². The maximum atomic E-state index is 11.2. The summed E-state index contributed by atoms with van der Waals surface area (Å²) in [4.78, 5) is 13.4. The van der Waals surface area contributed by atoms with Crippen LogP contribution in [0.3, 0.4) is 0 Å². The Morgan fingerprint density at radius 3 is 3.06 bits per heavy atom. The largest absolute Gasteiger partial charge is 0.480 e. The monoisotopic (exact) mass is 227 g/mol. The molecule has 0 aromatic carbocycles. The van der Waals surface area contributed by atoms with E-state index in [0.717, 1.165) is 19.6 Å². The fraction of sp³-hybridized carbons (Fsp3) is 0.917. The summed E-state index contributed by atoms with van der Waals surface area (Å²) in [7, 11) is 0. The van der Waals surface area contributed by atoms with Crippen LogP contribution in [0.4, 0.5) is 0 Å². The van der Waals surface area contributed by atoms with Crippen LogP contribution >= 0.6 is 0 Å². The number of hydrogen-bond acceptors (Lipinski definition) is 3. The maximum Gasteiger partial charge on any atom is 0.320 e. The Hall–Kier alpha value is -0.610. The van der Waals surface area contributed by atoms with Crippen molar-refractivity contribution in [1.82, 2.24) is 4.90 Å². The quantitative estimate of drug-likeness (QED) is 0.790. The summed E-state index contributed by atoms with van der Waals surface area (Å²) in [5.41, 5.74) is 0. The highest BCUT2D eigenvalue weighted by atomic mass is 16.5. The van der Waals surface area contributed by atoms with Gasteiger partial charge in [0.15, 0.2) is 0 Å². The second-order valence-corrected chi connectivity index (χ2v) is 4.83. The molecule has 0 aromatic rings. The molecule has 1 saturated heterocycles. The van der Waals surface area contributed by atoms with Gasteiger partial charge in [-0.15, -0.1) is 0 Å². The molecule has 1 N–H and O–H groups in total. The highest BCUT2D eigenvalue weighted by molar-refractivity contribution is 5.73. The Morgan fingerprint density at radius 1 is 1.56 bits per heavy atom. The number of hydrogen-bond donors (Lipinski definition) is 1. The first kappa shape index (κ1) is 11.9. The van der Waals surface area contributed by atoms with Crippen molar-refractivity contribution in [3.63, 3.8) is 0 Å². The molecular formula is C12H21NO3. The average Bonchev–Trinajstić information content (AvgIpc) is 2.62. The van der Waals surface area contributed by atoms with Gasteiger partial charge in [0.25, 0.3) is 0 Å². The van der Waals surface area contributed by atoms with E-state index in [0.29, 0.717) is 25.0 Å². The van der Waals surface area contributed by atoms with Crippen molar-refractivity contribution in [2.45, 2.75) is 44.7 Å². The number of fused-ring (bicyclic) bond motifs is 1. The fourth-order valence-corrected chi connectivity index (χ4v) is 3.16. The van der Waals surface area contributed by atoms with E-state index in [4.69, 9.17) is 4.74 Å². The van der Waals surface area contributed by atoms with Crippen molar-refractivity contribution in [3.8, 4) is 0 Å². The highest BCUT2D eigenvalue weighted by Gasteiger charge is 2.38. The molecule has 4 heteroatoms. The molecule has 0 amide bonds. The predicted molar refractivity (Wildman–Crippen MR) is 60.4 cm³/mol. The average molecular weight is 227 g/mol. The molecule has 2 fully saturated rings. The van der Waals surface area contributed by atoms with Gasteiger partial charge < -0.3 is 9.84 Å². The van der Waals surface area contributed by atoms with Gasteiger partial charge in [0.05, 0.1) is 13.2 Å². The lowest BCUT2D eigenvalue weighted by atomic mass is 10.0. The van der Waals surface area contributed by atoms with Crippen molar-refractivity contribution in [1.29, 1.82) is 0 Å². The first-order valence-electron chi connectivity index (χ1n) is 6.30. The molecule has 4 nitrogen and oxygen atoms in total. The Labute approximate surface area is 96.6 Å². The minimum absolute atomic E-state index is 0.327. The molecule has 2 aliphatic rings. The summed E-state index contributed by atoms with van der Waals surface area (Å²) in [6.45, 7) is 4.22. The molecule has 1 heterocycles. The van der Waals surface area contributed by atoms with Gasteiger partial charge in [-0.2, -0.15) is 0 Å². The third-order valence-corrected chi connectivity index (χ3v) is 3.94. The SMILES string of the molecule is CC[C@H](C(=O)O)N1CCOC[C@@H]2CCC[C@@H]21. The Bertz CT molecular complexity index is 257. The van der Waals surface area contributed by atoms with E-state index in [1.54, 1.807) is 0 Å². The molecule has 0 radical (unpaired) electrons. The van der Waals surface area contributed by atoms with E-state index in [9.17, 15) is 9.90 Å². The summed E-state index contributed by atoms with van der Waals surface area (Å²) in [6, 6.07) is 0.107. The molecular weight excluding hydrogens is 206 g/mol. The molecule has 0 spiro atoms. The van der Waals surface area contributed by atoms with Crippen molar-refractivity contribution in [2.24, 2.45) is 5.92 Å². The standard InChI is InChI=1S/C12H21NO3/c1-2-10(12(14)15)13-6-7-16-8-9-4-3-5-11(9)13/h9-11H,2-8H2,1H3,(H,14,15)/t9-,10+,11-/m0/s1. The molecule has 0 aromatic heterocycles. The maximum absolute atomic E-state index is 11.2. The third kappa shape index (κ3) is 2.23. The van der Waals surface area contributed by atoms with Crippen LogP contribution in [0.2, 0.25) is 0 Å². The number of carbonyl (C=O) groups is 1. The van der Waals surface area contributed by atoms with E-state index in [1.807, 2.05) is 6.92 Å². The summed E-state index contributed by atoms with van der Waals surface area (Å²) >= 11 is 0. The predicted octanol–water partition coefficient (Wildman–Crippen LogP) is 1.35. The van der Waals surface area contributed by atoms with Crippen molar-refractivity contribution < 1.29 is 14.6 Å². The topological polar surface area (TPSA) is 49.8 Å². The van der Waals surface area contributed by atoms with Crippen molar-refractivity contribution in [2.75, 3.05) is 19.8 Å². The van der Waals surface area contributed by atoms with E-state index in [2.05, 4.69) is 4.90 Å². The lowest BCUT2D eigenvalue weighted by Gasteiger charge is -2.34. The number of nitrogens with zero attached hydrogens (tertiary/aromatic N) is 1. The lowest BCUT2D eigenvalue weighted by molar-refractivity contribution is -0.144. The van der Waals surface area contributed by atoms with E-state index in [1.165, 1.54) is 12.8 Å². The summed E-state index contributed by atoms with van der Waals surface area (Å²) in [5.74, 6) is -0.133. The van der Waals surface area contributed by atoms with Gasteiger partial charge in [-0.25, -0.2) is 0 Å². The Kier molecular flexibility index (Phi) is 3.82. The molecule has 1 aliphatic heterocycles. The van der Waals surface area contributed by atoms with Gasteiger partial charge in [0, 0.05) is 12.6 Å². The summed E-state index contributed by atoms with van der Waals surface area (Å²) in [5, 5.41) is 9.25. The van der Waals surface area contributed by atoms with Crippen molar-refractivity contribution >= 4 is 5.97 Å². The zero-order chi connectivity index (χ0) is 11.5. The normalized spacial score (nSPS) is 33.1. The molecule has 0 bridgehead atoms. The van der Waals surface area contributed by atoms with Crippen LogP contribution in [0.1, 0.15) is 32.6 Å². The number of carboxylic acids is 1. The minimum Gasteiger partial charge on any atom is -0.480 e. The van der Waals surface area contributed by atoms with Crippen LogP contribution in [-0.2, 0) is 9.53 Å². The summed E-state index contributed by atoms with van der Waals surface area (Å²) in [6.07, 6.45) is 4.22. The molecule has 92 valence electrons. The van der Waals surface area contributed by atoms with E-state index < -0.39 is 5.97 Å². The van der Waals surface area contributed by atoms with Gasteiger partial charge in [-0.05, 0) is 25.2 Å². The van der Waals surface area contributed by atoms with Gasteiger partial charge in [-0.3, -0.25) is 9.69 Å². The second-order valence-electron chi connectivity index (χ2n) is 4.83. The molecule has 16 heavy (non-hydrogen) atoms. The van der Waals surface area contributed by atoms with Crippen LogP contribution < -0.4 is 0 Å². The minimum atomic E-state index is -0.685. The number of aliphatic carboxylic acids is 1. The van der Waals surface area contributed by atoms with Crippen molar-refractivity contribution in [3.05, 3.63) is 0 Å². The van der Waals surface area contributed by atoms with Crippen LogP contribution in [-0.4, -0.2) is 47.8 Å². The fourth-order valence-electron chi connectivity index (χ4n) is 3.16. The Morgan fingerprint density at radius 2 is 2.38 bits per heavy atom. The van der Waals surface area contributed by atoms with Crippen LogP contribution in [0.25, 0.3) is 0 Å². The first-order chi connectivity index (χ1) is 7.74. The second kappa shape index (κ2) is 5.15. The van der Waals surface area contributed by atoms with Crippen LogP contribution in [0.5, 0.6) is 0 Å². The molecule has 1 saturated carbocycles. The van der Waals surface area contributed by atoms with Crippen LogP contribution in [0.15, 0.2) is 0 Å². The first-order valence-corrected chi connectivity index (χ1v) is 6.30. The van der Waals surface area contributed by atoms with E-state index in [-0.39, 0.29) is 6.04 Å². The third-order valence-electron chi connectivity index (χ3n) is 3.94. The lowest BCUT2D eigenvalue weighted by Crippen LogP contribution is -2.48. The zero-order valence-electron chi connectivity index (χ0n) is 9.89. The molecule has 1 aliphatic carbocycles. The molecule has 3 atom stereocenters. The van der Waals surface area contributed by atoms with E-state index >= 15 is 0 Å².